The number of anilines is 1. The van der Waals surface area contributed by atoms with Gasteiger partial charge in [-0.3, -0.25) is 9.78 Å². The molecule has 0 spiro atoms. The molecule has 0 aliphatic heterocycles. The topological polar surface area (TPSA) is 77.5 Å². The van der Waals surface area contributed by atoms with Gasteiger partial charge in [0.25, 0.3) is 5.92 Å². The Bertz CT molecular complexity index is 1340. The van der Waals surface area contributed by atoms with Crippen molar-refractivity contribution in [3.63, 3.8) is 0 Å². The van der Waals surface area contributed by atoms with Crippen molar-refractivity contribution in [3.05, 3.63) is 77.6 Å². The number of rotatable bonds is 8. The Morgan fingerprint density at radius 2 is 1.79 bits per heavy atom. The number of para-hydroxylation sites is 1. The van der Waals surface area contributed by atoms with E-state index in [9.17, 15) is 31.5 Å². The second-order valence-electron chi connectivity index (χ2n) is 8.77. The fourth-order valence-electron chi connectivity index (χ4n) is 4.17. The Morgan fingerprint density at radius 3 is 2.42 bits per heavy atom. The molecular formula is C27H23F5N2O4. The van der Waals surface area contributed by atoms with E-state index < -0.39 is 48.1 Å². The number of ether oxygens (including phenoxy) is 2. The van der Waals surface area contributed by atoms with Gasteiger partial charge in [0.2, 0.25) is 5.91 Å². The molecule has 1 heterocycles. The van der Waals surface area contributed by atoms with Crippen LogP contribution in [0.15, 0.2) is 60.8 Å². The van der Waals surface area contributed by atoms with Crippen molar-refractivity contribution in [2.24, 2.45) is 5.92 Å². The third-order valence-corrected chi connectivity index (χ3v) is 6.26. The van der Waals surface area contributed by atoms with Crippen LogP contribution in [0.3, 0.4) is 0 Å². The summed E-state index contributed by atoms with van der Waals surface area (Å²) in [4.78, 5) is 29.2. The molecule has 1 aliphatic rings. The number of esters is 1. The number of methoxy groups -OCH3 is 1. The number of halogens is 5. The van der Waals surface area contributed by atoms with Crippen LogP contribution in [-0.4, -0.2) is 30.3 Å². The third-order valence-electron chi connectivity index (χ3n) is 6.26. The SMILES string of the molecule is CCC(F)(F)c1ccc(-c2ccc(NC(=O)C3CC3c3ccccc3OC(F)(F)F)cc2C(=O)OC)cn1. The number of benzene rings is 2. The van der Waals surface area contributed by atoms with Crippen molar-refractivity contribution in [3.8, 4) is 16.9 Å². The molecule has 2 unspecified atom stereocenters. The molecule has 200 valence electrons. The molecule has 1 aliphatic carbocycles. The van der Waals surface area contributed by atoms with E-state index in [1.807, 2.05) is 0 Å². The van der Waals surface area contributed by atoms with Crippen molar-refractivity contribution in [2.45, 2.75) is 38.0 Å². The van der Waals surface area contributed by atoms with Gasteiger partial charge in [0.05, 0.1) is 12.7 Å². The first-order valence-corrected chi connectivity index (χ1v) is 11.7. The number of alkyl halides is 5. The second kappa shape index (κ2) is 10.4. The van der Waals surface area contributed by atoms with Gasteiger partial charge in [-0.1, -0.05) is 37.3 Å². The summed E-state index contributed by atoms with van der Waals surface area (Å²) in [5, 5.41) is 2.68. The minimum atomic E-state index is -4.86. The summed E-state index contributed by atoms with van der Waals surface area (Å²) in [7, 11) is 1.18. The number of nitrogens with one attached hydrogen (secondary N) is 1. The van der Waals surface area contributed by atoms with E-state index in [-0.39, 0.29) is 22.6 Å². The average Bonchev–Trinajstić information content (AvgIpc) is 3.69. The van der Waals surface area contributed by atoms with Crippen LogP contribution in [0.4, 0.5) is 27.6 Å². The van der Waals surface area contributed by atoms with Crippen molar-refractivity contribution in [1.29, 1.82) is 0 Å². The van der Waals surface area contributed by atoms with Gasteiger partial charge in [-0.15, -0.1) is 13.2 Å². The summed E-state index contributed by atoms with van der Waals surface area (Å²) in [5.41, 5.74) is 0.956. The molecule has 0 radical (unpaired) electrons. The molecule has 2 atom stereocenters. The highest BCUT2D eigenvalue weighted by atomic mass is 19.4. The summed E-state index contributed by atoms with van der Waals surface area (Å²) < 4.78 is 75.0. The summed E-state index contributed by atoms with van der Waals surface area (Å²) in [6.07, 6.45) is -3.72. The predicted octanol–water partition coefficient (Wildman–Crippen LogP) is 6.68. The zero-order chi connectivity index (χ0) is 27.7. The van der Waals surface area contributed by atoms with Crippen LogP contribution < -0.4 is 10.1 Å². The lowest BCUT2D eigenvalue weighted by molar-refractivity contribution is -0.274. The van der Waals surface area contributed by atoms with Gasteiger partial charge in [-0.05, 0) is 47.7 Å². The molecule has 3 aromatic rings. The Kier molecular flexibility index (Phi) is 7.39. The fourth-order valence-corrected chi connectivity index (χ4v) is 4.17. The van der Waals surface area contributed by atoms with Crippen LogP contribution >= 0.6 is 0 Å². The fraction of sp³-hybridized carbons (Fsp3) is 0.296. The quantitative estimate of drug-likeness (QED) is 0.258. The van der Waals surface area contributed by atoms with Crippen LogP contribution in [0.1, 0.15) is 47.3 Å². The molecule has 1 fully saturated rings. The monoisotopic (exact) mass is 534 g/mol. The number of carbonyl (C=O) groups is 2. The minimum absolute atomic E-state index is 0.0679. The summed E-state index contributed by atoms with van der Waals surface area (Å²) >= 11 is 0. The number of nitrogens with zero attached hydrogens (tertiary/aromatic N) is 1. The molecule has 1 aromatic heterocycles. The van der Waals surface area contributed by atoms with Crippen LogP contribution in [-0.2, 0) is 15.5 Å². The van der Waals surface area contributed by atoms with Crippen molar-refractivity contribution < 1.29 is 41.0 Å². The van der Waals surface area contributed by atoms with Gasteiger partial charge in [0.15, 0.2) is 0 Å². The van der Waals surface area contributed by atoms with E-state index >= 15 is 0 Å². The Balaban J connectivity index is 1.53. The van der Waals surface area contributed by atoms with Crippen LogP contribution in [0.2, 0.25) is 0 Å². The molecule has 1 N–H and O–H groups in total. The molecule has 2 aromatic carbocycles. The standard InChI is InChI=1S/C27H23F5N2O4/c1-3-26(28,29)23-11-8-15(14-33-23)17-10-9-16(12-21(17)25(36)37-2)34-24(35)20-13-19(20)18-6-4-5-7-22(18)38-27(30,31)32/h4-12,14,19-20H,3,13H2,1-2H3,(H,34,35). The summed E-state index contributed by atoms with van der Waals surface area (Å²) in [5.74, 6) is -5.65. The van der Waals surface area contributed by atoms with Gasteiger partial charge in [-0.2, -0.15) is 8.78 Å². The molecule has 0 bridgehead atoms. The molecule has 1 amide bonds. The summed E-state index contributed by atoms with van der Waals surface area (Å²) in [6, 6.07) is 12.7. The zero-order valence-electron chi connectivity index (χ0n) is 20.3. The number of hydrogen-bond acceptors (Lipinski definition) is 5. The molecule has 11 heteroatoms. The van der Waals surface area contributed by atoms with Crippen LogP contribution in [0.25, 0.3) is 11.1 Å². The number of pyridine rings is 1. The Labute approximate surface area is 214 Å². The zero-order valence-corrected chi connectivity index (χ0v) is 20.3. The number of amides is 1. The minimum Gasteiger partial charge on any atom is -0.465 e. The first-order chi connectivity index (χ1) is 17.9. The lowest BCUT2D eigenvalue weighted by Crippen LogP contribution is -2.18. The highest BCUT2D eigenvalue weighted by Crippen LogP contribution is 2.51. The van der Waals surface area contributed by atoms with Gasteiger partial charge in [0, 0.05) is 29.8 Å². The third kappa shape index (κ3) is 5.92. The van der Waals surface area contributed by atoms with E-state index in [4.69, 9.17) is 4.74 Å². The first kappa shape index (κ1) is 27.0. The largest absolute Gasteiger partial charge is 0.573 e. The van der Waals surface area contributed by atoms with E-state index in [2.05, 4.69) is 15.0 Å². The molecule has 1 saturated carbocycles. The van der Waals surface area contributed by atoms with Crippen molar-refractivity contribution >= 4 is 17.6 Å². The number of hydrogen-bond donors (Lipinski definition) is 1. The van der Waals surface area contributed by atoms with Crippen LogP contribution in [0, 0.1) is 5.92 Å². The highest BCUT2D eigenvalue weighted by molar-refractivity contribution is 6.01. The maximum Gasteiger partial charge on any atom is 0.573 e. The normalized spacial score (nSPS) is 17.0. The number of carbonyl (C=O) groups excluding carboxylic acids is 2. The lowest BCUT2D eigenvalue weighted by Gasteiger charge is -2.15. The molecule has 0 saturated heterocycles. The average molecular weight is 534 g/mol. The van der Waals surface area contributed by atoms with Crippen LogP contribution in [0.5, 0.6) is 5.75 Å². The maximum atomic E-state index is 13.9. The van der Waals surface area contributed by atoms with Gasteiger partial charge in [0.1, 0.15) is 11.4 Å². The highest BCUT2D eigenvalue weighted by Gasteiger charge is 2.46. The van der Waals surface area contributed by atoms with Gasteiger partial charge in [-0.25, -0.2) is 4.79 Å². The molecule has 6 nitrogen and oxygen atoms in total. The second-order valence-corrected chi connectivity index (χ2v) is 8.77. The molecule has 38 heavy (non-hydrogen) atoms. The van der Waals surface area contributed by atoms with Crippen molar-refractivity contribution in [1.82, 2.24) is 4.98 Å². The van der Waals surface area contributed by atoms with Gasteiger partial charge >= 0.3 is 12.3 Å². The summed E-state index contributed by atoms with van der Waals surface area (Å²) in [6.45, 7) is 1.34. The van der Waals surface area contributed by atoms with E-state index in [0.717, 1.165) is 0 Å². The lowest BCUT2D eigenvalue weighted by atomic mass is 9.99. The Morgan fingerprint density at radius 1 is 1.05 bits per heavy atom. The molecule has 4 rings (SSSR count). The maximum absolute atomic E-state index is 13.9. The Hall–Kier alpha value is -4.02. The smallest absolute Gasteiger partial charge is 0.465 e. The van der Waals surface area contributed by atoms with E-state index in [1.165, 1.54) is 68.8 Å². The molecular weight excluding hydrogens is 511 g/mol. The predicted molar refractivity (Wildman–Crippen MR) is 128 cm³/mol. The number of aromatic nitrogens is 1. The van der Waals surface area contributed by atoms with E-state index in [1.54, 1.807) is 6.07 Å². The first-order valence-electron chi connectivity index (χ1n) is 11.7. The van der Waals surface area contributed by atoms with E-state index in [0.29, 0.717) is 17.5 Å². The van der Waals surface area contributed by atoms with Gasteiger partial charge < -0.3 is 14.8 Å². The van der Waals surface area contributed by atoms with Crippen molar-refractivity contribution in [2.75, 3.05) is 12.4 Å².